The lowest BCUT2D eigenvalue weighted by Gasteiger charge is -2.11. The van der Waals surface area contributed by atoms with E-state index in [1.165, 1.54) is 6.07 Å². The van der Waals surface area contributed by atoms with Crippen LogP contribution in [-0.4, -0.2) is 23.6 Å². The zero-order chi connectivity index (χ0) is 13.3. The summed E-state index contributed by atoms with van der Waals surface area (Å²) in [7, 11) is 0. The minimum atomic E-state index is -0.873. The molecule has 0 radical (unpaired) electrons. The molecule has 0 saturated carbocycles. The Morgan fingerprint density at radius 2 is 2.17 bits per heavy atom. The summed E-state index contributed by atoms with van der Waals surface area (Å²) in [5, 5.41) is 11.0. The third-order valence-corrected chi connectivity index (χ3v) is 2.83. The topological polar surface area (TPSA) is 78.7 Å². The summed E-state index contributed by atoms with van der Waals surface area (Å²) < 4.78 is 9.96. The standard InChI is InChI=1S/C10H7Cl2NO5/c11-5-3-6(12)9(7(4-5)13(15)16)18-8-1-2-17-10(8)14/h3-4,8H,1-2H2. The summed E-state index contributed by atoms with van der Waals surface area (Å²) in [5.74, 6) is -0.731. The molecule has 1 atom stereocenters. The van der Waals surface area contributed by atoms with E-state index in [1.54, 1.807) is 0 Å². The Kier molecular flexibility index (Phi) is 3.58. The van der Waals surface area contributed by atoms with Gasteiger partial charge in [0.05, 0.1) is 16.6 Å². The van der Waals surface area contributed by atoms with Crippen molar-refractivity contribution in [2.75, 3.05) is 6.61 Å². The molecular formula is C10H7Cl2NO5. The van der Waals surface area contributed by atoms with Gasteiger partial charge in [-0.05, 0) is 6.07 Å². The van der Waals surface area contributed by atoms with E-state index in [4.69, 9.17) is 32.7 Å². The summed E-state index contributed by atoms with van der Waals surface area (Å²) in [6, 6.07) is 2.43. The van der Waals surface area contributed by atoms with Crippen LogP contribution >= 0.6 is 23.2 Å². The lowest BCUT2D eigenvalue weighted by Crippen LogP contribution is -2.22. The second kappa shape index (κ2) is 4.99. The maximum Gasteiger partial charge on any atom is 0.347 e. The number of rotatable bonds is 3. The Morgan fingerprint density at radius 1 is 1.44 bits per heavy atom. The number of cyclic esters (lactones) is 1. The van der Waals surface area contributed by atoms with Gasteiger partial charge >= 0.3 is 11.7 Å². The molecule has 1 saturated heterocycles. The quantitative estimate of drug-likeness (QED) is 0.486. The normalized spacial score (nSPS) is 18.6. The van der Waals surface area contributed by atoms with Crippen LogP contribution in [0.5, 0.6) is 5.75 Å². The van der Waals surface area contributed by atoms with Crippen LogP contribution in [0.25, 0.3) is 0 Å². The summed E-state index contributed by atoms with van der Waals surface area (Å²) in [6.07, 6.45) is -0.544. The molecule has 0 spiro atoms. The number of esters is 1. The van der Waals surface area contributed by atoms with Crippen LogP contribution in [0.4, 0.5) is 5.69 Å². The van der Waals surface area contributed by atoms with E-state index in [1.807, 2.05) is 0 Å². The van der Waals surface area contributed by atoms with Gasteiger partial charge in [-0.3, -0.25) is 10.1 Å². The maximum absolute atomic E-state index is 11.3. The number of ether oxygens (including phenoxy) is 2. The molecule has 96 valence electrons. The fraction of sp³-hybridized carbons (Fsp3) is 0.300. The summed E-state index contributed by atoms with van der Waals surface area (Å²) in [4.78, 5) is 21.5. The molecule has 6 nitrogen and oxygen atoms in total. The molecule has 0 N–H and O–H groups in total. The van der Waals surface area contributed by atoms with Crippen molar-refractivity contribution in [3.05, 3.63) is 32.3 Å². The highest BCUT2D eigenvalue weighted by Crippen LogP contribution is 2.38. The van der Waals surface area contributed by atoms with Gasteiger partial charge < -0.3 is 9.47 Å². The number of hydrogen-bond acceptors (Lipinski definition) is 5. The van der Waals surface area contributed by atoms with Crippen molar-refractivity contribution < 1.29 is 19.2 Å². The van der Waals surface area contributed by atoms with E-state index >= 15 is 0 Å². The molecule has 0 aliphatic carbocycles. The first kappa shape index (κ1) is 12.9. The van der Waals surface area contributed by atoms with Crippen LogP contribution in [0.3, 0.4) is 0 Å². The number of hydrogen-bond donors (Lipinski definition) is 0. The average molecular weight is 292 g/mol. The minimum Gasteiger partial charge on any atom is -0.470 e. The van der Waals surface area contributed by atoms with Gasteiger partial charge in [0.2, 0.25) is 5.75 Å². The number of nitro groups is 1. The van der Waals surface area contributed by atoms with Gasteiger partial charge in [-0.2, -0.15) is 0 Å². The number of halogens is 2. The van der Waals surface area contributed by atoms with Crippen molar-refractivity contribution in [3.8, 4) is 5.75 Å². The highest BCUT2D eigenvalue weighted by Gasteiger charge is 2.32. The maximum atomic E-state index is 11.3. The highest BCUT2D eigenvalue weighted by atomic mass is 35.5. The van der Waals surface area contributed by atoms with Crippen molar-refractivity contribution in [3.63, 3.8) is 0 Å². The highest BCUT2D eigenvalue weighted by molar-refractivity contribution is 6.36. The molecule has 1 heterocycles. The Balaban J connectivity index is 2.36. The smallest absolute Gasteiger partial charge is 0.347 e. The Hall–Kier alpha value is -1.53. The predicted molar refractivity (Wildman–Crippen MR) is 63.1 cm³/mol. The molecule has 2 rings (SSSR count). The molecule has 1 unspecified atom stereocenters. The van der Waals surface area contributed by atoms with Crippen LogP contribution in [0.15, 0.2) is 12.1 Å². The van der Waals surface area contributed by atoms with Crippen LogP contribution < -0.4 is 4.74 Å². The number of nitro benzene ring substituents is 1. The number of benzene rings is 1. The van der Waals surface area contributed by atoms with Crippen molar-refractivity contribution in [1.82, 2.24) is 0 Å². The molecule has 0 bridgehead atoms. The van der Waals surface area contributed by atoms with E-state index in [2.05, 4.69) is 0 Å². The third-order valence-electron chi connectivity index (χ3n) is 2.33. The lowest BCUT2D eigenvalue weighted by atomic mass is 10.2. The van der Waals surface area contributed by atoms with Crippen molar-refractivity contribution >= 4 is 34.9 Å². The second-order valence-corrected chi connectivity index (χ2v) is 4.40. The molecule has 1 aromatic carbocycles. The number of carbonyl (C=O) groups is 1. The molecule has 0 aromatic heterocycles. The minimum absolute atomic E-state index is 0.0195. The Morgan fingerprint density at radius 3 is 2.72 bits per heavy atom. The molecule has 0 amide bonds. The van der Waals surface area contributed by atoms with Gasteiger partial charge in [-0.25, -0.2) is 4.79 Å². The zero-order valence-electron chi connectivity index (χ0n) is 8.89. The van der Waals surface area contributed by atoms with Crippen molar-refractivity contribution in [1.29, 1.82) is 0 Å². The molecule has 8 heteroatoms. The van der Waals surface area contributed by atoms with Crippen LogP contribution in [0, 0.1) is 10.1 Å². The number of carbonyl (C=O) groups excluding carboxylic acids is 1. The first-order chi connectivity index (χ1) is 8.49. The van der Waals surface area contributed by atoms with E-state index in [-0.39, 0.29) is 28.1 Å². The fourth-order valence-corrected chi connectivity index (χ4v) is 2.05. The summed E-state index contributed by atoms with van der Waals surface area (Å²) in [6.45, 7) is 0.225. The van der Waals surface area contributed by atoms with Gasteiger partial charge in [0, 0.05) is 17.5 Å². The van der Waals surface area contributed by atoms with Gasteiger partial charge in [-0.15, -0.1) is 0 Å². The Bertz CT molecular complexity index is 519. The lowest BCUT2D eigenvalue weighted by molar-refractivity contribution is -0.386. The third kappa shape index (κ3) is 2.49. The van der Waals surface area contributed by atoms with E-state index in [0.717, 1.165) is 6.07 Å². The molecular weight excluding hydrogens is 285 g/mol. The van der Waals surface area contributed by atoms with Crippen LogP contribution in [0.2, 0.25) is 10.0 Å². The van der Waals surface area contributed by atoms with Gasteiger partial charge in [0.1, 0.15) is 0 Å². The molecule has 1 aromatic rings. The van der Waals surface area contributed by atoms with Crippen LogP contribution in [0.1, 0.15) is 6.42 Å². The predicted octanol–water partition coefficient (Wildman–Crippen LogP) is 2.60. The molecule has 1 aliphatic rings. The SMILES string of the molecule is O=C1OCCC1Oc1c(Cl)cc(Cl)cc1[N+](=O)[O-]. The van der Waals surface area contributed by atoms with E-state index in [9.17, 15) is 14.9 Å². The first-order valence-electron chi connectivity index (χ1n) is 4.96. The summed E-state index contributed by atoms with van der Waals surface area (Å²) in [5.41, 5.74) is -0.382. The fourth-order valence-electron chi connectivity index (χ4n) is 1.53. The van der Waals surface area contributed by atoms with Crippen LogP contribution in [-0.2, 0) is 9.53 Å². The largest absolute Gasteiger partial charge is 0.470 e. The molecule has 18 heavy (non-hydrogen) atoms. The zero-order valence-corrected chi connectivity index (χ0v) is 10.4. The monoisotopic (exact) mass is 291 g/mol. The second-order valence-electron chi connectivity index (χ2n) is 3.56. The molecule has 1 aliphatic heterocycles. The van der Waals surface area contributed by atoms with Crippen molar-refractivity contribution in [2.24, 2.45) is 0 Å². The van der Waals surface area contributed by atoms with E-state index < -0.39 is 17.0 Å². The first-order valence-corrected chi connectivity index (χ1v) is 5.71. The number of nitrogens with zero attached hydrogens (tertiary/aromatic N) is 1. The molecule has 1 fully saturated rings. The van der Waals surface area contributed by atoms with Gasteiger partial charge in [0.25, 0.3) is 0 Å². The van der Waals surface area contributed by atoms with Crippen molar-refractivity contribution in [2.45, 2.75) is 12.5 Å². The Labute approximate surface area is 112 Å². The average Bonchev–Trinajstić information content (AvgIpc) is 2.67. The summed E-state index contributed by atoms with van der Waals surface area (Å²) >= 11 is 11.5. The van der Waals surface area contributed by atoms with Gasteiger partial charge in [0.15, 0.2) is 6.10 Å². The van der Waals surface area contributed by atoms with E-state index in [0.29, 0.717) is 6.42 Å². The van der Waals surface area contributed by atoms with Gasteiger partial charge in [-0.1, -0.05) is 23.2 Å².